The van der Waals surface area contributed by atoms with Crippen molar-refractivity contribution in [2.45, 2.75) is 65.1 Å². The van der Waals surface area contributed by atoms with Gasteiger partial charge in [-0.15, -0.1) is 0 Å². The summed E-state index contributed by atoms with van der Waals surface area (Å²) in [7, 11) is 0. The monoisotopic (exact) mass is 210 g/mol. The van der Waals surface area contributed by atoms with E-state index in [1.165, 1.54) is 0 Å². The van der Waals surface area contributed by atoms with Crippen molar-refractivity contribution in [2.75, 3.05) is 0 Å². The van der Waals surface area contributed by atoms with E-state index in [2.05, 4.69) is 39.9 Å². The van der Waals surface area contributed by atoms with Crippen molar-refractivity contribution in [1.29, 1.82) is 0 Å². The van der Waals surface area contributed by atoms with Gasteiger partial charge in [0.15, 0.2) is 0 Å². The number of hydrogen-bond donors (Lipinski definition) is 1. The second-order valence-electron chi connectivity index (χ2n) is 6.74. The average Bonchev–Trinajstić information content (AvgIpc) is 2.34. The van der Waals surface area contributed by atoms with Gasteiger partial charge in [-0.05, 0) is 39.0 Å². The van der Waals surface area contributed by atoms with Crippen molar-refractivity contribution < 1.29 is 4.79 Å². The number of carbonyl (C=O) groups excluding carboxylic acids is 1. The van der Waals surface area contributed by atoms with E-state index >= 15 is 0 Å². The minimum atomic E-state index is -0.0656. The zero-order valence-corrected chi connectivity index (χ0v) is 10.4. The Morgan fingerprint density at radius 1 is 1.33 bits per heavy atom. The summed E-state index contributed by atoms with van der Waals surface area (Å²) in [5.41, 5.74) is 0.302. The normalized spacial score (nSPS) is 34.2. The summed E-state index contributed by atoms with van der Waals surface area (Å²) in [6.07, 6.45) is 2.23. The van der Waals surface area contributed by atoms with Crippen LogP contribution in [-0.4, -0.2) is 28.6 Å². The molecule has 0 aromatic heterocycles. The summed E-state index contributed by atoms with van der Waals surface area (Å²) in [6.45, 7) is 10.9. The number of carbonyl (C=O) groups is 1. The van der Waals surface area contributed by atoms with Crippen molar-refractivity contribution in [1.82, 2.24) is 10.2 Å². The van der Waals surface area contributed by atoms with Crippen molar-refractivity contribution in [3.8, 4) is 0 Å². The molecule has 1 saturated carbocycles. The number of hydrogen-bond acceptors (Lipinski definition) is 1. The third-order valence-corrected chi connectivity index (χ3v) is 3.58. The van der Waals surface area contributed by atoms with E-state index in [4.69, 9.17) is 0 Å². The van der Waals surface area contributed by atoms with Gasteiger partial charge in [0.1, 0.15) is 0 Å². The largest absolute Gasteiger partial charge is 0.333 e. The molecular formula is C12H22N2O. The van der Waals surface area contributed by atoms with Crippen LogP contribution < -0.4 is 5.32 Å². The first-order valence-electron chi connectivity index (χ1n) is 5.81. The fraction of sp³-hybridized carbons (Fsp3) is 0.917. The Balaban J connectivity index is 2.23. The molecular weight excluding hydrogens is 188 g/mol. The lowest BCUT2D eigenvalue weighted by Gasteiger charge is -2.36. The molecule has 0 aromatic carbocycles. The molecule has 0 bridgehead atoms. The number of urea groups is 1. The third kappa shape index (κ3) is 1.72. The summed E-state index contributed by atoms with van der Waals surface area (Å²) in [5, 5.41) is 3.12. The van der Waals surface area contributed by atoms with Crippen LogP contribution in [0.3, 0.4) is 0 Å². The molecule has 0 spiro atoms. The molecule has 3 nitrogen and oxygen atoms in total. The molecule has 0 aromatic rings. The van der Waals surface area contributed by atoms with Gasteiger partial charge in [0, 0.05) is 5.54 Å². The molecule has 3 heteroatoms. The summed E-state index contributed by atoms with van der Waals surface area (Å²) in [6, 6.07) is 0.882. The van der Waals surface area contributed by atoms with Gasteiger partial charge >= 0.3 is 6.03 Å². The molecule has 1 aliphatic heterocycles. The number of nitrogens with one attached hydrogen (secondary N) is 1. The van der Waals surface area contributed by atoms with Gasteiger partial charge < -0.3 is 10.2 Å². The van der Waals surface area contributed by atoms with Crippen LogP contribution in [0, 0.1) is 5.41 Å². The smallest absolute Gasteiger partial charge is 0.318 e. The molecule has 0 radical (unpaired) electrons. The number of amides is 2. The van der Waals surface area contributed by atoms with Crippen LogP contribution in [0.25, 0.3) is 0 Å². The molecule has 2 rings (SSSR count). The van der Waals surface area contributed by atoms with Crippen LogP contribution in [-0.2, 0) is 0 Å². The highest BCUT2D eigenvalue weighted by Gasteiger charge is 2.51. The molecule has 1 saturated heterocycles. The van der Waals surface area contributed by atoms with Crippen LogP contribution in [0.2, 0.25) is 0 Å². The molecule has 2 fully saturated rings. The lowest BCUT2D eigenvalue weighted by atomic mass is 9.91. The highest BCUT2D eigenvalue weighted by Crippen LogP contribution is 2.44. The Kier molecular flexibility index (Phi) is 2.08. The maximum Gasteiger partial charge on any atom is 0.318 e. The fourth-order valence-corrected chi connectivity index (χ4v) is 3.12. The summed E-state index contributed by atoms with van der Waals surface area (Å²) in [5.74, 6) is 0. The number of nitrogens with zero attached hydrogens (tertiary/aromatic N) is 1. The van der Waals surface area contributed by atoms with E-state index in [1.54, 1.807) is 0 Å². The maximum atomic E-state index is 11.9. The van der Waals surface area contributed by atoms with E-state index in [9.17, 15) is 4.79 Å². The van der Waals surface area contributed by atoms with Crippen LogP contribution in [0.15, 0.2) is 0 Å². The van der Waals surface area contributed by atoms with E-state index in [0.717, 1.165) is 12.8 Å². The Bertz CT molecular complexity index is 290. The van der Waals surface area contributed by atoms with Crippen LogP contribution in [0.1, 0.15) is 47.5 Å². The molecule has 15 heavy (non-hydrogen) atoms. The molecule has 1 aliphatic carbocycles. The van der Waals surface area contributed by atoms with E-state index in [0.29, 0.717) is 17.5 Å². The topological polar surface area (TPSA) is 32.3 Å². The summed E-state index contributed by atoms with van der Waals surface area (Å²) < 4.78 is 0. The van der Waals surface area contributed by atoms with Gasteiger partial charge in [-0.2, -0.15) is 0 Å². The number of rotatable bonds is 0. The molecule has 2 atom stereocenters. The van der Waals surface area contributed by atoms with Gasteiger partial charge in [0.2, 0.25) is 0 Å². The lowest BCUT2D eigenvalue weighted by molar-refractivity contribution is 0.130. The predicted octanol–water partition coefficient (Wildman–Crippen LogP) is 2.37. The first-order valence-corrected chi connectivity index (χ1v) is 5.81. The minimum absolute atomic E-state index is 0.0656. The fourth-order valence-electron chi connectivity index (χ4n) is 3.12. The van der Waals surface area contributed by atoms with Crippen molar-refractivity contribution >= 4 is 6.03 Å². The van der Waals surface area contributed by atoms with Crippen LogP contribution in [0.5, 0.6) is 0 Å². The molecule has 2 amide bonds. The van der Waals surface area contributed by atoms with Crippen LogP contribution >= 0.6 is 0 Å². The van der Waals surface area contributed by atoms with Gasteiger partial charge in [-0.25, -0.2) is 4.79 Å². The molecule has 1 N–H and O–H groups in total. The molecule has 2 aliphatic rings. The predicted molar refractivity (Wildman–Crippen MR) is 60.7 cm³/mol. The van der Waals surface area contributed by atoms with E-state index < -0.39 is 0 Å². The summed E-state index contributed by atoms with van der Waals surface area (Å²) >= 11 is 0. The van der Waals surface area contributed by atoms with Crippen LogP contribution in [0.4, 0.5) is 4.79 Å². The highest BCUT2D eigenvalue weighted by atomic mass is 16.2. The standard InChI is InChI=1S/C12H22N2O/c1-11(2,3)14-9-7-12(4,5)6-8(9)13-10(14)15/h8-9H,6-7H2,1-5H3,(H,13,15). The maximum absolute atomic E-state index is 11.9. The zero-order valence-electron chi connectivity index (χ0n) is 10.4. The molecule has 1 heterocycles. The van der Waals surface area contributed by atoms with E-state index in [-0.39, 0.29) is 11.6 Å². The number of fused-ring (bicyclic) bond motifs is 1. The SMILES string of the molecule is CC1(C)CC2NC(=O)N(C(C)(C)C)C2C1. The van der Waals surface area contributed by atoms with Gasteiger partial charge in [0.05, 0.1) is 12.1 Å². The average molecular weight is 210 g/mol. The first-order chi connectivity index (χ1) is 6.71. The second kappa shape index (κ2) is 2.89. The Labute approximate surface area is 92.2 Å². The molecule has 86 valence electrons. The lowest BCUT2D eigenvalue weighted by Crippen LogP contribution is -2.48. The highest BCUT2D eigenvalue weighted by molar-refractivity contribution is 5.78. The first kappa shape index (κ1) is 10.8. The Morgan fingerprint density at radius 2 is 1.93 bits per heavy atom. The van der Waals surface area contributed by atoms with Gasteiger partial charge in [0.25, 0.3) is 0 Å². The quantitative estimate of drug-likeness (QED) is 0.654. The second-order valence-corrected chi connectivity index (χ2v) is 6.74. The zero-order chi connectivity index (χ0) is 11.4. The summed E-state index contributed by atoms with van der Waals surface area (Å²) in [4.78, 5) is 13.9. The Hall–Kier alpha value is -0.730. The third-order valence-electron chi connectivity index (χ3n) is 3.58. The minimum Gasteiger partial charge on any atom is -0.333 e. The molecule has 2 unspecified atom stereocenters. The van der Waals surface area contributed by atoms with Gasteiger partial charge in [-0.1, -0.05) is 13.8 Å². The van der Waals surface area contributed by atoms with Crippen molar-refractivity contribution in [3.63, 3.8) is 0 Å². The Morgan fingerprint density at radius 3 is 2.47 bits per heavy atom. The van der Waals surface area contributed by atoms with Crippen molar-refractivity contribution in [2.24, 2.45) is 5.41 Å². The van der Waals surface area contributed by atoms with Crippen molar-refractivity contribution in [3.05, 3.63) is 0 Å². The van der Waals surface area contributed by atoms with Gasteiger partial charge in [-0.3, -0.25) is 0 Å². The van der Waals surface area contributed by atoms with E-state index in [1.807, 2.05) is 4.90 Å².